The van der Waals surface area contributed by atoms with Crippen LogP contribution in [-0.2, 0) is 10.2 Å². The fourth-order valence-electron chi connectivity index (χ4n) is 3.85. The Hall–Kier alpha value is -1.62. The Morgan fingerprint density at radius 1 is 1.25 bits per heavy atom. The first-order valence-electron chi connectivity index (χ1n) is 7.75. The molecule has 1 heterocycles. The average molecular weight is 405 g/mol. The van der Waals surface area contributed by atoms with E-state index in [4.69, 9.17) is 11.6 Å². The topological polar surface area (TPSA) is 49.3 Å². The van der Waals surface area contributed by atoms with Gasteiger partial charge in [-0.05, 0) is 41.8 Å². The highest BCUT2D eigenvalue weighted by molar-refractivity contribution is 9.10. The van der Waals surface area contributed by atoms with Gasteiger partial charge >= 0.3 is 0 Å². The Labute approximate surface area is 153 Å². The number of anilines is 1. The molecule has 2 aromatic rings. The molecule has 2 aromatic carbocycles. The number of benzene rings is 2. The first kappa shape index (κ1) is 15.9. The fraction of sp³-hybridized carbons (Fsp3) is 0.211. The molecular formula is C19H15BrClNO2. The molecule has 1 spiro atoms. The smallest absolute Gasteiger partial charge is 0.239 e. The van der Waals surface area contributed by atoms with Crippen molar-refractivity contribution in [2.24, 2.45) is 0 Å². The number of amides is 1. The van der Waals surface area contributed by atoms with Crippen LogP contribution in [0.1, 0.15) is 23.5 Å². The summed E-state index contributed by atoms with van der Waals surface area (Å²) in [5, 5.41) is 13.8. The molecule has 1 aliphatic heterocycles. The number of nitrogens with one attached hydrogen (secondary N) is 1. The molecule has 0 saturated carbocycles. The standard InChI is InChI=1S/C19H15BrClNO2/c20-12-4-5-15-17(9-12)22-18(24)19(15)7-6-14(23)10-16(19)11-2-1-3-13(21)8-11/h1-9,14,16,23H,10H2,(H,22,24)/t14?,16-,19+/m1/s1. The van der Waals surface area contributed by atoms with Crippen LogP contribution in [0.15, 0.2) is 59.1 Å². The van der Waals surface area contributed by atoms with Crippen molar-refractivity contribution in [1.82, 2.24) is 0 Å². The van der Waals surface area contributed by atoms with Gasteiger partial charge in [-0.25, -0.2) is 0 Å². The third-order valence-electron chi connectivity index (χ3n) is 4.91. The van der Waals surface area contributed by atoms with Gasteiger partial charge in [-0.1, -0.05) is 57.9 Å². The lowest BCUT2D eigenvalue weighted by Gasteiger charge is -2.38. The number of hydrogen-bond acceptors (Lipinski definition) is 2. The average Bonchev–Trinajstić information content (AvgIpc) is 2.81. The highest BCUT2D eigenvalue weighted by atomic mass is 79.9. The Kier molecular flexibility index (Phi) is 3.79. The molecule has 1 unspecified atom stereocenters. The summed E-state index contributed by atoms with van der Waals surface area (Å²) in [6.45, 7) is 0. The highest BCUT2D eigenvalue weighted by Crippen LogP contribution is 2.52. The van der Waals surface area contributed by atoms with Gasteiger partial charge in [0.15, 0.2) is 0 Å². The Balaban J connectivity index is 1.94. The molecule has 122 valence electrons. The van der Waals surface area contributed by atoms with Gasteiger partial charge in [0.25, 0.3) is 0 Å². The molecular weight excluding hydrogens is 390 g/mol. The number of carbonyl (C=O) groups excluding carboxylic acids is 1. The third kappa shape index (κ3) is 2.32. The molecule has 1 amide bonds. The number of carbonyl (C=O) groups is 1. The largest absolute Gasteiger partial charge is 0.389 e. The minimum Gasteiger partial charge on any atom is -0.389 e. The molecule has 0 fully saturated rings. The highest BCUT2D eigenvalue weighted by Gasteiger charge is 2.52. The number of aliphatic hydroxyl groups excluding tert-OH is 1. The van der Waals surface area contributed by atoms with Gasteiger partial charge in [-0.2, -0.15) is 0 Å². The molecule has 4 rings (SSSR count). The van der Waals surface area contributed by atoms with Gasteiger partial charge in [0.2, 0.25) is 5.91 Å². The second-order valence-corrected chi connectivity index (χ2v) is 7.63. The summed E-state index contributed by atoms with van der Waals surface area (Å²) in [5.41, 5.74) is 1.88. The van der Waals surface area contributed by atoms with E-state index in [1.807, 2.05) is 48.5 Å². The molecule has 2 aliphatic rings. The molecule has 0 aromatic heterocycles. The van der Waals surface area contributed by atoms with Crippen molar-refractivity contribution in [1.29, 1.82) is 0 Å². The summed E-state index contributed by atoms with van der Waals surface area (Å²) < 4.78 is 0.915. The van der Waals surface area contributed by atoms with Crippen LogP contribution < -0.4 is 5.32 Å². The minimum absolute atomic E-state index is 0.0660. The molecule has 0 radical (unpaired) electrons. The van der Waals surface area contributed by atoms with Crippen LogP contribution in [0.2, 0.25) is 5.02 Å². The van der Waals surface area contributed by atoms with E-state index in [0.29, 0.717) is 11.4 Å². The van der Waals surface area contributed by atoms with Gasteiger partial charge in [0.1, 0.15) is 5.41 Å². The van der Waals surface area contributed by atoms with Crippen LogP contribution in [0.25, 0.3) is 0 Å². The van der Waals surface area contributed by atoms with E-state index in [2.05, 4.69) is 21.2 Å². The lowest BCUT2D eigenvalue weighted by atomic mass is 9.63. The van der Waals surface area contributed by atoms with Crippen molar-refractivity contribution in [2.75, 3.05) is 5.32 Å². The monoisotopic (exact) mass is 403 g/mol. The molecule has 3 atom stereocenters. The van der Waals surface area contributed by atoms with E-state index >= 15 is 0 Å². The van der Waals surface area contributed by atoms with E-state index in [-0.39, 0.29) is 11.8 Å². The van der Waals surface area contributed by atoms with E-state index in [0.717, 1.165) is 21.3 Å². The molecule has 0 saturated heterocycles. The lowest BCUT2D eigenvalue weighted by molar-refractivity contribution is -0.120. The lowest BCUT2D eigenvalue weighted by Crippen LogP contribution is -2.42. The molecule has 24 heavy (non-hydrogen) atoms. The Bertz CT molecular complexity index is 866. The van der Waals surface area contributed by atoms with Crippen LogP contribution in [-0.4, -0.2) is 17.1 Å². The van der Waals surface area contributed by atoms with Crippen molar-refractivity contribution in [2.45, 2.75) is 23.9 Å². The van der Waals surface area contributed by atoms with Crippen molar-refractivity contribution in [3.05, 3.63) is 75.2 Å². The summed E-state index contributed by atoms with van der Waals surface area (Å²) in [7, 11) is 0. The zero-order chi connectivity index (χ0) is 16.9. The van der Waals surface area contributed by atoms with E-state index in [9.17, 15) is 9.90 Å². The van der Waals surface area contributed by atoms with Gasteiger partial charge < -0.3 is 10.4 Å². The number of halogens is 2. The minimum atomic E-state index is -0.819. The Morgan fingerprint density at radius 2 is 2.08 bits per heavy atom. The quantitative estimate of drug-likeness (QED) is 0.692. The van der Waals surface area contributed by atoms with E-state index in [1.165, 1.54) is 0 Å². The molecule has 1 aliphatic carbocycles. The summed E-state index contributed by atoms with van der Waals surface area (Å²) in [4.78, 5) is 13.0. The number of aliphatic hydroxyl groups is 1. The molecule has 5 heteroatoms. The van der Waals surface area contributed by atoms with Gasteiger partial charge in [0.05, 0.1) is 6.10 Å². The van der Waals surface area contributed by atoms with Gasteiger partial charge in [-0.15, -0.1) is 0 Å². The molecule has 0 bridgehead atoms. The predicted octanol–water partition coefficient (Wildman–Crippen LogP) is 4.40. The number of hydrogen-bond donors (Lipinski definition) is 2. The van der Waals surface area contributed by atoms with E-state index in [1.54, 1.807) is 6.08 Å². The summed E-state index contributed by atoms with van der Waals surface area (Å²) in [6, 6.07) is 13.4. The first-order chi connectivity index (χ1) is 11.5. The van der Waals surface area contributed by atoms with Crippen molar-refractivity contribution >= 4 is 39.1 Å². The molecule has 3 nitrogen and oxygen atoms in total. The Morgan fingerprint density at radius 3 is 2.88 bits per heavy atom. The van der Waals surface area contributed by atoms with Crippen LogP contribution in [0.3, 0.4) is 0 Å². The van der Waals surface area contributed by atoms with E-state index < -0.39 is 11.5 Å². The summed E-state index contributed by atoms with van der Waals surface area (Å²) in [5.74, 6) is -0.248. The molecule has 2 N–H and O–H groups in total. The number of rotatable bonds is 1. The fourth-order valence-corrected chi connectivity index (χ4v) is 4.41. The van der Waals surface area contributed by atoms with Crippen LogP contribution in [0.4, 0.5) is 5.69 Å². The predicted molar refractivity (Wildman–Crippen MR) is 98.4 cm³/mol. The van der Waals surface area contributed by atoms with Crippen molar-refractivity contribution in [3.8, 4) is 0 Å². The van der Waals surface area contributed by atoms with Crippen LogP contribution in [0.5, 0.6) is 0 Å². The summed E-state index contributed by atoms with van der Waals surface area (Å²) >= 11 is 9.62. The maximum absolute atomic E-state index is 13.0. The van der Waals surface area contributed by atoms with Crippen LogP contribution >= 0.6 is 27.5 Å². The summed E-state index contributed by atoms with van der Waals surface area (Å²) in [6.07, 6.45) is 3.46. The maximum Gasteiger partial charge on any atom is 0.239 e. The zero-order valence-corrected chi connectivity index (χ0v) is 15.0. The zero-order valence-electron chi connectivity index (χ0n) is 12.7. The number of fused-ring (bicyclic) bond motifs is 2. The van der Waals surface area contributed by atoms with Gasteiger partial charge in [-0.3, -0.25) is 4.79 Å². The van der Waals surface area contributed by atoms with Crippen molar-refractivity contribution in [3.63, 3.8) is 0 Å². The third-order valence-corrected chi connectivity index (χ3v) is 5.64. The van der Waals surface area contributed by atoms with Crippen molar-refractivity contribution < 1.29 is 9.90 Å². The normalized spacial score (nSPS) is 28.0. The second-order valence-electron chi connectivity index (χ2n) is 6.28. The second kappa shape index (κ2) is 5.73. The first-order valence-corrected chi connectivity index (χ1v) is 8.92. The SMILES string of the molecule is O=C1Nc2cc(Br)ccc2[C@]12C=CC(O)C[C@@H]2c1cccc(Cl)c1. The van der Waals surface area contributed by atoms with Crippen LogP contribution in [0, 0.1) is 0 Å². The van der Waals surface area contributed by atoms with Gasteiger partial charge in [0, 0.05) is 21.1 Å². The maximum atomic E-state index is 13.0.